The summed E-state index contributed by atoms with van der Waals surface area (Å²) in [5, 5.41) is 0.738. The number of likely N-dealkylation sites (tertiary alicyclic amines) is 1. The van der Waals surface area contributed by atoms with Crippen LogP contribution in [0.3, 0.4) is 0 Å². The number of aromatic amines is 1. The summed E-state index contributed by atoms with van der Waals surface area (Å²) in [6.07, 6.45) is 3.44. The fourth-order valence-corrected chi connectivity index (χ4v) is 5.40. The van der Waals surface area contributed by atoms with Gasteiger partial charge in [-0.05, 0) is 64.0 Å². The molecule has 2 aromatic rings. The summed E-state index contributed by atoms with van der Waals surface area (Å²) in [6.45, 7) is 12.8. The third-order valence-corrected chi connectivity index (χ3v) is 7.96. The first-order valence-electron chi connectivity index (χ1n) is 12.9. The Hall–Kier alpha value is -2.09. The van der Waals surface area contributed by atoms with Gasteiger partial charge in [-0.15, -0.1) is 0 Å². The third-order valence-electron chi connectivity index (χ3n) is 7.54. The first-order chi connectivity index (χ1) is 16.8. The second kappa shape index (κ2) is 11.3. The van der Waals surface area contributed by atoms with E-state index in [1.807, 2.05) is 30.0 Å². The van der Waals surface area contributed by atoms with Crippen LogP contribution in [0.25, 0.3) is 0 Å². The number of aromatic nitrogens is 2. The number of imidazole rings is 1. The Morgan fingerprint density at radius 2 is 1.97 bits per heavy atom. The van der Waals surface area contributed by atoms with Crippen molar-refractivity contribution < 1.29 is 9.53 Å². The van der Waals surface area contributed by atoms with E-state index in [2.05, 4.69) is 35.7 Å². The molecule has 192 valence electrons. The highest BCUT2D eigenvalue weighted by Gasteiger charge is 2.40. The van der Waals surface area contributed by atoms with E-state index >= 15 is 0 Å². The largest absolute Gasteiger partial charge is 0.493 e. The molecule has 0 radical (unpaired) electrons. The Morgan fingerprint density at radius 1 is 1.20 bits per heavy atom. The number of nitrogens with one attached hydrogen (secondary N) is 1. The Morgan fingerprint density at radius 3 is 2.66 bits per heavy atom. The number of rotatable bonds is 8. The molecule has 2 saturated heterocycles. The zero-order chi connectivity index (χ0) is 25.0. The number of piperidine rings is 1. The van der Waals surface area contributed by atoms with Crippen LogP contribution >= 0.6 is 11.6 Å². The minimum absolute atomic E-state index is 0.232. The molecule has 1 N–H and O–H groups in total. The highest BCUT2D eigenvalue weighted by atomic mass is 35.5. The van der Waals surface area contributed by atoms with Crippen molar-refractivity contribution in [3.8, 4) is 5.75 Å². The molecule has 2 aliphatic rings. The number of H-pyrrole nitrogens is 1. The second-order valence-electron chi connectivity index (χ2n) is 10.5. The Balaban J connectivity index is 1.50. The second-order valence-corrected chi connectivity index (χ2v) is 10.9. The minimum atomic E-state index is -0.232. The van der Waals surface area contributed by atoms with Crippen molar-refractivity contribution in [2.24, 2.45) is 5.41 Å². The fourth-order valence-electron chi connectivity index (χ4n) is 5.29. The third kappa shape index (κ3) is 6.57. The zero-order valence-corrected chi connectivity index (χ0v) is 22.5. The lowest BCUT2D eigenvalue weighted by molar-refractivity contribution is -0.137. The zero-order valence-electron chi connectivity index (χ0n) is 21.7. The highest BCUT2D eigenvalue weighted by molar-refractivity contribution is 6.31. The summed E-state index contributed by atoms with van der Waals surface area (Å²) >= 11 is 6.22. The molecule has 1 atom stereocenters. The molecule has 2 aliphatic heterocycles. The maximum absolute atomic E-state index is 13.4. The van der Waals surface area contributed by atoms with Crippen LogP contribution in [0, 0.1) is 19.3 Å². The predicted molar refractivity (Wildman–Crippen MR) is 140 cm³/mol. The first kappa shape index (κ1) is 26.0. The van der Waals surface area contributed by atoms with Crippen LogP contribution in [0.1, 0.15) is 49.0 Å². The van der Waals surface area contributed by atoms with Crippen molar-refractivity contribution in [1.29, 1.82) is 0 Å². The summed E-state index contributed by atoms with van der Waals surface area (Å²) in [6, 6.07) is 5.79. The number of carbonyl (C=O) groups is 1. The molecule has 1 amide bonds. The van der Waals surface area contributed by atoms with E-state index in [0.29, 0.717) is 13.0 Å². The summed E-state index contributed by atoms with van der Waals surface area (Å²) in [7, 11) is 2.12. The quantitative estimate of drug-likeness (QED) is 0.590. The van der Waals surface area contributed by atoms with E-state index in [1.54, 1.807) is 0 Å². The number of hydrogen-bond acceptors (Lipinski definition) is 5. The van der Waals surface area contributed by atoms with Crippen molar-refractivity contribution in [2.75, 3.05) is 52.9 Å². The van der Waals surface area contributed by atoms with Gasteiger partial charge in [0.15, 0.2) is 0 Å². The molecule has 4 rings (SSSR count). The van der Waals surface area contributed by atoms with Crippen LogP contribution in [-0.4, -0.2) is 83.5 Å². The lowest BCUT2D eigenvalue weighted by Gasteiger charge is -2.43. The fraction of sp³-hybridized carbons (Fsp3) is 0.630. The number of amides is 1. The van der Waals surface area contributed by atoms with Crippen molar-refractivity contribution >= 4 is 17.5 Å². The number of hydrogen-bond donors (Lipinski definition) is 1. The Kier molecular flexibility index (Phi) is 8.40. The average molecular weight is 502 g/mol. The Labute approximate surface area is 214 Å². The van der Waals surface area contributed by atoms with Crippen molar-refractivity contribution in [1.82, 2.24) is 24.7 Å². The molecule has 0 bridgehead atoms. The standard InChI is InChI=1S/C27H40ClN5O2/c1-5-25-29-21(3)24(30-25)17-32-10-6-9-27(18-32,16-26(34)33-13-11-31(4)12-14-33)19-35-22-7-8-23(28)20(2)15-22/h7-8,15H,5-6,9-14,16-19H2,1-4H3,(H,29,30)/t27-/m0/s1. The van der Waals surface area contributed by atoms with E-state index in [0.717, 1.165) is 98.6 Å². The van der Waals surface area contributed by atoms with Gasteiger partial charge in [-0.25, -0.2) is 4.98 Å². The van der Waals surface area contributed by atoms with E-state index < -0.39 is 0 Å². The van der Waals surface area contributed by atoms with Gasteiger partial charge in [0, 0.05) is 68.2 Å². The number of carbonyl (C=O) groups excluding carboxylic acids is 1. The van der Waals surface area contributed by atoms with Gasteiger partial charge in [-0.3, -0.25) is 9.69 Å². The maximum atomic E-state index is 13.4. The number of likely N-dealkylation sites (N-methyl/N-ethyl adjacent to an activating group) is 1. The number of nitrogens with zero attached hydrogens (tertiary/aromatic N) is 4. The summed E-state index contributed by atoms with van der Waals surface area (Å²) in [5.74, 6) is 2.10. The molecule has 0 unspecified atom stereocenters. The summed E-state index contributed by atoms with van der Waals surface area (Å²) < 4.78 is 6.35. The first-order valence-corrected chi connectivity index (χ1v) is 13.3. The molecule has 35 heavy (non-hydrogen) atoms. The smallest absolute Gasteiger partial charge is 0.223 e. The lowest BCUT2D eigenvalue weighted by Crippen LogP contribution is -2.52. The number of aryl methyl sites for hydroxylation is 3. The topological polar surface area (TPSA) is 64.7 Å². The van der Waals surface area contributed by atoms with Crippen LogP contribution in [0.2, 0.25) is 5.02 Å². The monoisotopic (exact) mass is 501 g/mol. The lowest BCUT2D eigenvalue weighted by atomic mass is 9.77. The molecule has 0 aliphatic carbocycles. The van der Waals surface area contributed by atoms with Crippen LogP contribution in [-0.2, 0) is 17.8 Å². The van der Waals surface area contributed by atoms with Gasteiger partial charge in [0.05, 0.1) is 12.3 Å². The molecular weight excluding hydrogens is 462 g/mol. The molecule has 0 saturated carbocycles. The van der Waals surface area contributed by atoms with E-state index in [4.69, 9.17) is 21.3 Å². The molecule has 0 spiro atoms. The maximum Gasteiger partial charge on any atom is 0.223 e. The molecule has 3 heterocycles. The van der Waals surface area contributed by atoms with Crippen LogP contribution in [0.15, 0.2) is 18.2 Å². The molecule has 1 aromatic heterocycles. The highest BCUT2D eigenvalue weighted by Crippen LogP contribution is 2.36. The van der Waals surface area contributed by atoms with Gasteiger partial charge >= 0.3 is 0 Å². The van der Waals surface area contributed by atoms with E-state index in [9.17, 15) is 4.79 Å². The van der Waals surface area contributed by atoms with Crippen LogP contribution in [0.5, 0.6) is 5.75 Å². The van der Waals surface area contributed by atoms with E-state index in [1.165, 1.54) is 0 Å². The predicted octanol–water partition coefficient (Wildman–Crippen LogP) is 4.07. The average Bonchev–Trinajstić information content (AvgIpc) is 3.19. The van der Waals surface area contributed by atoms with Gasteiger partial charge in [0.2, 0.25) is 5.91 Å². The summed E-state index contributed by atoms with van der Waals surface area (Å²) in [4.78, 5) is 28.4. The normalized spacial score (nSPS) is 21.9. The van der Waals surface area contributed by atoms with Gasteiger partial charge in [0.1, 0.15) is 11.6 Å². The Bertz CT molecular complexity index is 1020. The number of ether oxygens (including phenoxy) is 1. The van der Waals surface area contributed by atoms with Crippen LogP contribution < -0.4 is 4.74 Å². The molecule has 7 nitrogen and oxygen atoms in total. The van der Waals surface area contributed by atoms with Gasteiger partial charge in [-0.1, -0.05) is 18.5 Å². The van der Waals surface area contributed by atoms with Crippen molar-refractivity contribution in [3.05, 3.63) is 46.0 Å². The minimum Gasteiger partial charge on any atom is -0.493 e. The molecule has 1 aromatic carbocycles. The summed E-state index contributed by atoms with van der Waals surface area (Å²) in [5.41, 5.74) is 3.01. The van der Waals surface area contributed by atoms with Crippen LogP contribution in [0.4, 0.5) is 0 Å². The number of benzene rings is 1. The van der Waals surface area contributed by atoms with Crippen molar-refractivity contribution in [3.63, 3.8) is 0 Å². The van der Waals surface area contributed by atoms with E-state index in [-0.39, 0.29) is 11.3 Å². The van der Waals surface area contributed by atoms with Gasteiger partial charge in [-0.2, -0.15) is 0 Å². The SMILES string of the molecule is CCc1nc(CN2CCC[C@](COc3ccc(Cl)c(C)c3)(CC(=O)N3CCN(C)CC3)C2)c(C)[nH]1. The number of piperazine rings is 1. The van der Waals surface area contributed by atoms with Gasteiger partial charge in [0.25, 0.3) is 0 Å². The molecule has 8 heteroatoms. The number of halogens is 1. The van der Waals surface area contributed by atoms with Gasteiger partial charge < -0.3 is 19.5 Å². The molecule has 2 fully saturated rings. The molecular formula is C27H40ClN5O2. The van der Waals surface area contributed by atoms with Crippen molar-refractivity contribution in [2.45, 2.75) is 53.0 Å².